The van der Waals surface area contributed by atoms with Gasteiger partial charge in [-0.25, -0.2) is 0 Å². The SMILES string of the molecule is CC(C)(C)C(=O)OC12CCCCC1O2. The van der Waals surface area contributed by atoms with Gasteiger partial charge in [-0.3, -0.25) is 4.79 Å². The Bertz CT molecular complexity index is 254. The number of epoxide rings is 1. The molecule has 0 aromatic rings. The van der Waals surface area contributed by atoms with Gasteiger partial charge in [-0.1, -0.05) is 6.42 Å². The maximum atomic E-state index is 11.7. The minimum Gasteiger partial charge on any atom is -0.430 e. The number of hydrogen-bond donors (Lipinski definition) is 0. The first kappa shape index (κ1) is 9.97. The number of fused-ring (bicyclic) bond motifs is 1. The molecular formula is C11H18O3. The van der Waals surface area contributed by atoms with Crippen molar-refractivity contribution in [1.82, 2.24) is 0 Å². The van der Waals surface area contributed by atoms with Gasteiger partial charge in [0.2, 0.25) is 5.79 Å². The molecule has 2 rings (SSSR count). The van der Waals surface area contributed by atoms with Crippen LogP contribution in [0.1, 0.15) is 46.5 Å². The molecule has 1 saturated carbocycles. The maximum Gasteiger partial charge on any atom is 0.313 e. The van der Waals surface area contributed by atoms with Crippen LogP contribution in [0.3, 0.4) is 0 Å². The molecule has 1 heterocycles. The van der Waals surface area contributed by atoms with Crippen LogP contribution in [0.2, 0.25) is 0 Å². The normalized spacial score (nSPS) is 36.1. The molecule has 0 aromatic carbocycles. The molecule has 1 aliphatic carbocycles. The van der Waals surface area contributed by atoms with E-state index in [0.29, 0.717) is 0 Å². The molecule has 3 heteroatoms. The lowest BCUT2D eigenvalue weighted by Crippen LogP contribution is -2.33. The lowest BCUT2D eigenvalue weighted by Gasteiger charge is -2.23. The summed E-state index contributed by atoms with van der Waals surface area (Å²) in [5, 5.41) is 0. The van der Waals surface area contributed by atoms with Crippen LogP contribution in [0.5, 0.6) is 0 Å². The molecule has 1 aliphatic heterocycles. The Morgan fingerprint density at radius 2 is 2.14 bits per heavy atom. The van der Waals surface area contributed by atoms with Crippen molar-refractivity contribution in [3.63, 3.8) is 0 Å². The van der Waals surface area contributed by atoms with Crippen LogP contribution in [-0.2, 0) is 14.3 Å². The molecule has 2 aliphatic rings. The van der Waals surface area contributed by atoms with E-state index in [9.17, 15) is 4.79 Å². The highest BCUT2D eigenvalue weighted by Crippen LogP contribution is 2.49. The number of rotatable bonds is 1. The van der Waals surface area contributed by atoms with Gasteiger partial charge < -0.3 is 9.47 Å². The molecule has 3 nitrogen and oxygen atoms in total. The van der Waals surface area contributed by atoms with Crippen molar-refractivity contribution in [3.8, 4) is 0 Å². The highest BCUT2D eigenvalue weighted by Gasteiger charge is 2.61. The number of carbonyl (C=O) groups is 1. The van der Waals surface area contributed by atoms with Gasteiger partial charge in [0.1, 0.15) is 6.10 Å². The fourth-order valence-corrected chi connectivity index (χ4v) is 1.86. The summed E-state index contributed by atoms with van der Waals surface area (Å²) in [6, 6.07) is 0. The summed E-state index contributed by atoms with van der Waals surface area (Å²) < 4.78 is 10.9. The molecule has 1 saturated heterocycles. The predicted octanol–water partition coefficient (Wildman–Crippen LogP) is 2.24. The molecule has 0 amide bonds. The largest absolute Gasteiger partial charge is 0.430 e. The number of ether oxygens (including phenoxy) is 2. The van der Waals surface area contributed by atoms with E-state index < -0.39 is 11.2 Å². The van der Waals surface area contributed by atoms with Crippen molar-refractivity contribution in [3.05, 3.63) is 0 Å². The summed E-state index contributed by atoms with van der Waals surface area (Å²) in [6.07, 6.45) is 4.40. The third kappa shape index (κ3) is 1.65. The van der Waals surface area contributed by atoms with Gasteiger partial charge in [-0.2, -0.15) is 0 Å². The van der Waals surface area contributed by atoms with Gasteiger partial charge in [0.25, 0.3) is 0 Å². The molecule has 0 spiro atoms. The summed E-state index contributed by atoms with van der Waals surface area (Å²) in [5.41, 5.74) is -0.428. The number of esters is 1. The maximum absolute atomic E-state index is 11.7. The zero-order valence-corrected chi connectivity index (χ0v) is 9.13. The van der Waals surface area contributed by atoms with Crippen LogP contribution >= 0.6 is 0 Å². The second-order valence-corrected chi connectivity index (χ2v) is 5.30. The van der Waals surface area contributed by atoms with Gasteiger partial charge in [0, 0.05) is 6.42 Å². The quantitative estimate of drug-likeness (QED) is 0.479. The predicted molar refractivity (Wildman–Crippen MR) is 51.6 cm³/mol. The molecular weight excluding hydrogens is 180 g/mol. The minimum atomic E-state index is -0.525. The molecule has 2 atom stereocenters. The van der Waals surface area contributed by atoms with E-state index in [-0.39, 0.29) is 12.1 Å². The third-order valence-corrected chi connectivity index (χ3v) is 2.89. The summed E-state index contributed by atoms with van der Waals surface area (Å²) in [5.74, 6) is -0.676. The van der Waals surface area contributed by atoms with Gasteiger partial charge in [-0.05, 0) is 33.6 Å². The van der Waals surface area contributed by atoms with Crippen molar-refractivity contribution in [1.29, 1.82) is 0 Å². The molecule has 0 bridgehead atoms. The summed E-state index contributed by atoms with van der Waals surface area (Å²) in [4.78, 5) is 11.7. The van der Waals surface area contributed by atoms with E-state index in [2.05, 4.69) is 0 Å². The van der Waals surface area contributed by atoms with Crippen molar-refractivity contribution in [2.24, 2.45) is 5.41 Å². The van der Waals surface area contributed by atoms with Crippen LogP contribution in [0.4, 0.5) is 0 Å². The molecule has 80 valence electrons. The van der Waals surface area contributed by atoms with Crippen LogP contribution < -0.4 is 0 Å². The zero-order chi connectivity index (χ0) is 10.4. The summed E-state index contributed by atoms with van der Waals surface area (Å²) in [7, 11) is 0. The van der Waals surface area contributed by atoms with Crippen LogP contribution in [0.15, 0.2) is 0 Å². The first-order valence-electron chi connectivity index (χ1n) is 5.35. The Balaban J connectivity index is 1.95. The Morgan fingerprint density at radius 3 is 2.71 bits per heavy atom. The first-order valence-corrected chi connectivity index (χ1v) is 5.35. The zero-order valence-electron chi connectivity index (χ0n) is 9.13. The average Bonchev–Trinajstić information content (AvgIpc) is 2.76. The highest BCUT2D eigenvalue weighted by atomic mass is 16.8. The van der Waals surface area contributed by atoms with E-state index in [0.717, 1.165) is 19.3 Å². The Hall–Kier alpha value is -0.570. The van der Waals surface area contributed by atoms with Crippen molar-refractivity contribution in [2.45, 2.75) is 58.3 Å². The fourth-order valence-electron chi connectivity index (χ4n) is 1.86. The Labute approximate surface area is 84.8 Å². The smallest absolute Gasteiger partial charge is 0.313 e. The molecule has 0 N–H and O–H groups in total. The molecule has 14 heavy (non-hydrogen) atoms. The van der Waals surface area contributed by atoms with Crippen LogP contribution in [0, 0.1) is 5.41 Å². The molecule has 2 unspecified atom stereocenters. The van der Waals surface area contributed by atoms with Gasteiger partial charge in [0.15, 0.2) is 0 Å². The minimum absolute atomic E-state index is 0.151. The number of hydrogen-bond acceptors (Lipinski definition) is 3. The third-order valence-electron chi connectivity index (χ3n) is 2.89. The van der Waals surface area contributed by atoms with Gasteiger partial charge in [0.05, 0.1) is 5.41 Å². The second kappa shape index (κ2) is 2.96. The van der Waals surface area contributed by atoms with E-state index in [4.69, 9.17) is 9.47 Å². The summed E-state index contributed by atoms with van der Waals surface area (Å²) in [6.45, 7) is 5.60. The fraction of sp³-hybridized carbons (Fsp3) is 0.909. The topological polar surface area (TPSA) is 38.8 Å². The van der Waals surface area contributed by atoms with E-state index in [1.165, 1.54) is 6.42 Å². The summed E-state index contributed by atoms with van der Waals surface area (Å²) >= 11 is 0. The van der Waals surface area contributed by atoms with Gasteiger partial charge >= 0.3 is 5.97 Å². The van der Waals surface area contributed by atoms with Crippen molar-refractivity contribution in [2.75, 3.05) is 0 Å². The van der Waals surface area contributed by atoms with E-state index in [1.807, 2.05) is 20.8 Å². The highest BCUT2D eigenvalue weighted by molar-refractivity contribution is 5.76. The molecule has 0 radical (unpaired) electrons. The average molecular weight is 198 g/mol. The van der Waals surface area contributed by atoms with Crippen LogP contribution in [0.25, 0.3) is 0 Å². The monoisotopic (exact) mass is 198 g/mol. The van der Waals surface area contributed by atoms with Crippen LogP contribution in [-0.4, -0.2) is 17.9 Å². The lowest BCUT2D eigenvalue weighted by atomic mass is 9.95. The Morgan fingerprint density at radius 1 is 1.43 bits per heavy atom. The molecule has 2 fully saturated rings. The molecule has 0 aromatic heterocycles. The Kier molecular flexibility index (Phi) is 2.11. The first-order chi connectivity index (χ1) is 6.44. The number of carbonyl (C=O) groups excluding carboxylic acids is 1. The lowest BCUT2D eigenvalue weighted by molar-refractivity contribution is -0.169. The van der Waals surface area contributed by atoms with E-state index >= 15 is 0 Å². The van der Waals surface area contributed by atoms with E-state index in [1.54, 1.807) is 0 Å². The van der Waals surface area contributed by atoms with Crippen molar-refractivity contribution < 1.29 is 14.3 Å². The van der Waals surface area contributed by atoms with Crippen molar-refractivity contribution >= 4 is 5.97 Å². The standard InChI is InChI=1S/C11H18O3/c1-10(2,3)9(12)14-11-7-5-4-6-8(11)13-11/h8H,4-7H2,1-3H3. The second-order valence-electron chi connectivity index (χ2n) is 5.30. The van der Waals surface area contributed by atoms with Gasteiger partial charge in [-0.15, -0.1) is 0 Å².